The molecule has 0 spiro atoms. The third-order valence-electron chi connectivity index (χ3n) is 4.56. The van der Waals surface area contributed by atoms with E-state index in [-0.39, 0.29) is 23.4 Å². The number of Topliss-reactive ketones (excluding diaryl/α,β-unsaturated/α-hetero) is 1. The molecule has 9 nitrogen and oxygen atoms in total. The van der Waals surface area contributed by atoms with Crippen LogP contribution in [0.15, 0.2) is 58.8 Å². The van der Waals surface area contributed by atoms with Crippen molar-refractivity contribution in [3.8, 4) is 11.5 Å². The number of amidine groups is 2. The Balaban J connectivity index is 1.78. The molecular weight excluding hydrogens is 388 g/mol. The summed E-state index contributed by atoms with van der Waals surface area (Å²) in [4.78, 5) is 11.9. The fourth-order valence-electron chi connectivity index (χ4n) is 2.75. The van der Waals surface area contributed by atoms with Gasteiger partial charge in [0, 0.05) is 17.0 Å². The van der Waals surface area contributed by atoms with Gasteiger partial charge < -0.3 is 31.4 Å². The number of rotatable bonds is 11. The summed E-state index contributed by atoms with van der Waals surface area (Å²) in [6.45, 7) is 2.31. The number of ketones is 1. The van der Waals surface area contributed by atoms with E-state index >= 15 is 0 Å². The number of hydrogen-bond acceptors (Lipinski definition) is 7. The summed E-state index contributed by atoms with van der Waals surface area (Å²) in [5.41, 5.74) is 12.2. The van der Waals surface area contributed by atoms with Crippen LogP contribution in [0.2, 0.25) is 0 Å². The number of carbonyl (C=O) groups is 1. The number of carbonyl (C=O) groups excluding carboxylic acids is 1. The highest BCUT2D eigenvalue weighted by Gasteiger charge is 2.15. The lowest BCUT2D eigenvalue weighted by atomic mass is 9.98. The molecule has 0 atom stereocenters. The third kappa shape index (κ3) is 6.69. The molecule has 0 aromatic heterocycles. The molecule has 2 aromatic carbocycles. The van der Waals surface area contributed by atoms with Crippen LogP contribution < -0.4 is 20.9 Å². The van der Waals surface area contributed by atoms with Crippen molar-refractivity contribution in [3.63, 3.8) is 0 Å². The number of benzene rings is 2. The zero-order chi connectivity index (χ0) is 21.9. The van der Waals surface area contributed by atoms with E-state index in [0.29, 0.717) is 48.7 Å². The van der Waals surface area contributed by atoms with Crippen LogP contribution in [0.5, 0.6) is 11.5 Å². The van der Waals surface area contributed by atoms with Gasteiger partial charge in [-0.05, 0) is 68.3 Å². The Hall–Kier alpha value is -3.75. The third-order valence-corrected chi connectivity index (χ3v) is 4.56. The molecule has 0 aliphatic rings. The fraction of sp³-hybridized carbons (Fsp3) is 0.286. The Morgan fingerprint density at radius 1 is 0.833 bits per heavy atom. The zero-order valence-corrected chi connectivity index (χ0v) is 16.7. The van der Waals surface area contributed by atoms with E-state index in [2.05, 4.69) is 10.3 Å². The van der Waals surface area contributed by atoms with E-state index in [1.54, 1.807) is 55.5 Å². The molecule has 9 heteroatoms. The molecule has 0 radical (unpaired) electrons. The first kappa shape index (κ1) is 22.5. The largest absolute Gasteiger partial charge is 0.494 e. The van der Waals surface area contributed by atoms with Crippen LogP contribution in [0.3, 0.4) is 0 Å². The molecule has 0 unspecified atom stereocenters. The number of hydrogen-bond donors (Lipinski definition) is 4. The van der Waals surface area contributed by atoms with Crippen LogP contribution in [0.4, 0.5) is 0 Å². The van der Waals surface area contributed by atoms with Crippen molar-refractivity contribution >= 4 is 17.5 Å². The minimum absolute atomic E-state index is 0.0258. The van der Waals surface area contributed by atoms with E-state index in [1.165, 1.54) is 0 Å². The highest BCUT2D eigenvalue weighted by atomic mass is 16.5. The van der Waals surface area contributed by atoms with Gasteiger partial charge in [-0.3, -0.25) is 4.79 Å². The van der Waals surface area contributed by atoms with Gasteiger partial charge in [0.15, 0.2) is 11.7 Å². The molecule has 2 rings (SSSR count). The van der Waals surface area contributed by atoms with Gasteiger partial charge in [0.05, 0.1) is 13.2 Å². The number of ether oxygens (including phenoxy) is 2. The van der Waals surface area contributed by atoms with Gasteiger partial charge in [-0.1, -0.05) is 10.3 Å². The number of nitrogens with two attached hydrogens (primary N) is 2. The topological polar surface area (TPSA) is 153 Å². The summed E-state index contributed by atoms with van der Waals surface area (Å²) in [6.07, 6.45) is 1.12. The maximum Gasteiger partial charge on any atom is 0.170 e. The lowest BCUT2D eigenvalue weighted by Gasteiger charge is -2.15. The molecule has 160 valence electrons. The van der Waals surface area contributed by atoms with Crippen LogP contribution in [0.25, 0.3) is 0 Å². The van der Waals surface area contributed by atoms with E-state index in [4.69, 9.17) is 31.4 Å². The SMILES string of the molecule is CC(=O)C(CCOc1ccc(C(N)=NO)cc1)CCOc1ccc(C(N)=NO)cc1. The molecule has 0 bridgehead atoms. The average molecular weight is 414 g/mol. The van der Waals surface area contributed by atoms with Gasteiger partial charge in [-0.2, -0.15) is 0 Å². The number of oxime groups is 2. The normalized spacial score (nSPS) is 13.0. The van der Waals surface area contributed by atoms with E-state index in [9.17, 15) is 4.79 Å². The first-order chi connectivity index (χ1) is 14.4. The van der Waals surface area contributed by atoms with Gasteiger partial charge in [-0.25, -0.2) is 0 Å². The smallest absolute Gasteiger partial charge is 0.170 e. The van der Waals surface area contributed by atoms with Crippen molar-refractivity contribution in [2.24, 2.45) is 27.7 Å². The monoisotopic (exact) mass is 414 g/mol. The summed E-state index contributed by atoms with van der Waals surface area (Å²) in [5.74, 6) is 1.21. The first-order valence-corrected chi connectivity index (χ1v) is 9.36. The molecule has 0 amide bonds. The maximum absolute atomic E-state index is 11.9. The Kier molecular flexibility index (Phi) is 8.49. The average Bonchev–Trinajstić information content (AvgIpc) is 2.77. The highest BCUT2D eigenvalue weighted by Crippen LogP contribution is 2.17. The van der Waals surface area contributed by atoms with Crippen LogP contribution in [0.1, 0.15) is 30.9 Å². The van der Waals surface area contributed by atoms with Crippen molar-refractivity contribution in [2.75, 3.05) is 13.2 Å². The van der Waals surface area contributed by atoms with Crippen molar-refractivity contribution in [3.05, 3.63) is 59.7 Å². The minimum atomic E-state index is -0.183. The number of nitrogens with zero attached hydrogens (tertiary/aromatic N) is 2. The Morgan fingerprint density at radius 3 is 1.50 bits per heavy atom. The lowest BCUT2D eigenvalue weighted by molar-refractivity contribution is -0.121. The van der Waals surface area contributed by atoms with E-state index < -0.39 is 0 Å². The summed E-state index contributed by atoms with van der Waals surface area (Å²) in [6, 6.07) is 13.6. The molecule has 30 heavy (non-hydrogen) atoms. The summed E-state index contributed by atoms with van der Waals surface area (Å²) >= 11 is 0. The zero-order valence-electron chi connectivity index (χ0n) is 16.7. The second-order valence-corrected chi connectivity index (χ2v) is 6.60. The maximum atomic E-state index is 11.9. The van der Waals surface area contributed by atoms with Gasteiger partial charge in [0.2, 0.25) is 0 Å². The summed E-state index contributed by atoms with van der Waals surface area (Å²) in [7, 11) is 0. The van der Waals surface area contributed by atoms with Gasteiger partial charge >= 0.3 is 0 Å². The van der Waals surface area contributed by atoms with Crippen molar-refractivity contribution in [1.29, 1.82) is 0 Å². The Labute approximate surface area is 174 Å². The highest BCUT2D eigenvalue weighted by molar-refractivity contribution is 5.97. The predicted molar refractivity (Wildman–Crippen MR) is 112 cm³/mol. The molecule has 0 saturated heterocycles. The van der Waals surface area contributed by atoms with Crippen molar-refractivity contribution < 1.29 is 24.7 Å². The molecule has 0 aliphatic heterocycles. The lowest BCUT2D eigenvalue weighted by Crippen LogP contribution is -2.18. The molecule has 2 aromatic rings. The predicted octanol–water partition coefficient (Wildman–Crippen LogP) is 2.32. The van der Waals surface area contributed by atoms with Gasteiger partial charge in [0.25, 0.3) is 0 Å². The van der Waals surface area contributed by atoms with Crippen molar-refractivity contribution in [1.82, 2.24) is 0 Å². The van der Waals surface area contributed by atoms with Crippen molar-refractivity contribution in [2.45, 2.75) is 19.8 Å². The molecule has 0 fully saturated rings. The molecular formula is C21H26N4O5. The van der Waals surface area contributed by atoms with Crippen LogP contribution in [0, 0.1) is 5.92 Å². The fourth-order valence-corrected chi connectivity index (χ4v) is 2.75. The Morgan fingerprint density at radius 2 is 1.20 bits per heavy atom. The summed E-state index contributed by atoms with van der Waals surface area (Å²) in [5, 5.41) is 23.2. The summed E-state index contributed by atoms with van der Waals surface area (Å²) < 4.78 is 11.4. The minimum Gasteiger partial charge on any atom is -0.494 e. The first-order valence-electron chi connectivity index (χ1n) is 9.36. The van der Waals surface area contributed by atoms with E-state index in [0.717, 1.165) is 0 Å². The second kappa shape index (κ2) is 11.3. The van der Waals surface area contributed by atoms with Crippen LogP contribution >= 0.6 is 0 Å². The van der Waals surface area contributed by atoms with E-state index in [1.807, 2.05) is 0 Å². The van der Waals surface area contributed by atoms with Gasteiger partial charge in [-0.15, -0.1) is 0 Å². The molecule has 6 N–H and O–H groups in total. The van der Waals surface area contributed by atoms with Crippen LogP contribution in [-0.2, 0) is 4.79 Å². The van der Waals surface area contributed by atoms with Gasteiger partial charge in [0.1, 0.15) is 17.3 Å². The quantitative estimate of drug-likeness (QED) is 0.190. The van der Waals surface area contributed by atoms with Crippen LogP contribution in [-0.4, -0.2) is 41.1 Å². The standard InChI is InChI=1S/C21H26N4O5/c1-14(26)15(10-12-29-18-6-2-16(3-7-18)20(22)24-27)11-13-30-19-8-4-17(5-9-19)21(23)25-28/h2-9,15,27-28H,10-13H2,1H3,(H2,22,24)(H2,23,25). The molecule has 0 saturated carbocycles. The second-order valence-electron chi connectivity index (χ2n) is 6.60. The Bertz CT molecular complexity index is 812. The molecule has 0 aliphatic carbocycles. The molecule has 0 heterocycles.